The van der Waals surface area contributed by atoms with Crippen molar-refractivity contribution in [2.24, 2.45) is 0 Å². The van der Waals surface area contributed by atoms with Crippen LogP contribution in [-0.2, 0) is 12.8 Å². The molecule has 2 heteroatoms. The van der Waals surface area contributed by atoms with E-state index < -0.39 is 6.10 Å². The van der Waals surface area contributed by atoms with E-state index in [4.69, 9.17) is 4.74 Å². The highest BCUT2D eigenvalue weighted by Crippen LogP contribution is 2.21. The molecule has 0 fully saturated rings. The molecule has 0 spiro atoms. The number of hydrogen-bond acceptors (Lipinski definition) is 2. The molecule has 0 saturated heterocycles. The Balaban J connectivity index is 2.08. The third-order valence-electron chi connectivity index (χ3n) is 3.33. The van der Waals surface area contributed by atoms with E-state index in [1.54, 1.807) is 7.11 Å². The van der Waals surface area contributed by atoms with Gasteiger partial charge in [0.05, 0.1) is 13.2 Å². The molecule has 1 unspecified atom stereocenters. The second-order valence-electron chi connectivity index (χ2n) is 4.67. The van der Waals surface area contributed by atoms with E-state index in [0.29, 0.717) is 6.42 Å². The Morgan fingerprint density at radius 2 is 1.79 bits per heavy atom. The van der Waals surface area contributed by atoms with Gasteiger partial charge in [-0.1, -0.05) is 43.3 Å². The van der Waals surface area contributed by atoms with Crippen LogP contribution >= 0.6 is 0 Å². The molecule has 100 valence electrons. The summed E-state index contributed by atoms with van der Waals surface area (Å²) < 4.78 is 5.13. The first-order valence-corrected chi connectivity index (χ1v) is 6.62. The third-order valence-corrected chi connectivity index (χ3v) is 3.33. The first-order chi connectivity index (χ1) is 9.22. The monoisotopic (exact) mass is 256 g/mol. The molecule has 2 aromatic carbocycles. The van der Waals surface area contributed by atoms with Gasteiger partial charge in [-0.3, -0.25) is 0 Å². The maximum absolute atomic E-state index is 10.3. The topological polar surface area (TPSA) is 29.5 Å². The Labute approximate surface area is 114 Å². The minimum Gasteiger partial charge on any atom is -0.497 e. The van der Waals surface area contributed by atoms with E-state index in [0.717, 1.165) is 23.3 Å². The van der Waals surface area contributed by atoms with Crippen LogP contribution in [-0.4, -0.2) is 12.2 Å². The molecule has 2 aromatic rings. The fraction of sp³-hybridized carbons (Fsp3) is 0.294. The molecule has 0 aliphatic rings. The summed E-state index contributed by atoms with van der Waals surface area (Å²) >= 11 is 0. The zero-order valence-electron chi connectivity index (χ0n) is 11.5. The molecule has 1 atom stereocenters. The molecule has 0 saturated carbocycles. The second kappa shape index (κ2) is 6.39. The van der Waals surface area contributed by atoms with E-state index in [9.17, 15) is 5.11 Å². The molecular weight excluding hydrogens is 236 g/mol. The zero-order chi connectivity index (χ0) is 13.7. The number of hydrogen-bond donors (Lipinski definition) is 1. The molecule has 19 heavy (non-hydrogen) atoms. The van der Waals surface area contributed by atoms with Crippen LogP contribution in [0, 0.1) is 0 Å². The largest absolute Gasteiger partial charge is 0.497 e. The Morgan fingerprint density at radius 1 is 1.05 bits per heavy atom. The Morgan fingerprint density at radius 3 is 2.42 bits per heavy atom. The third kappa shape index (κ3) is 3.58. The maximum atomic E-state index is 10.3. The van der Waals surface area contributed by atoms with Crippen molar-refractivity contribution in [1.29, 1.82) is 0 Å². The number of benzene rings is 2. The predicted molar refractivity (Wildman–Crippen MR) is 77.5 cm³/mol. The van der Waals surface area contributed by atoms with E-state index in [-0.39, 0.29) is 0 Å². The van der Waals surface area contributed by atoms with E-state index in [1.807, 2.05) is 36.4 Å². The number of aliphatic hydroxyl groups excluding tert-OH is 1. The van der Waals surface area contributed by atoms with Crippen LogP contribution in [0.15, 0.2) is 48.5 Å². The first-order valence-electron chi connectivity index (χ1n) is 6.62. The van der Waals surface area contributed by atoms with Gasteiger partial charge in [0, 0.05) is 6.42 Å². The van der Waals surface area contributed by atoms with Crippen LogP contribution < -0.4 is 4.74 Å². The first kappa shape index (κ1) is 13.6. The lowest BCUT2D eigenvalue weighted by Gasteiger charge is -2.12. The Kier molecular flexibility index (Phi) is 4.58. The lowest BCUT2D eigenvalue weighted by atomic mass is 9.99. The van der Waals surface area contributed by atoms with Crippen LogP contribution in [0.5, 0.6) is 5.75 Å². The molecule has 0 aliphatic heterocycles. The summed E-state index contributed by atoms with van der Waals surface area (Å²) in [6.07, 6.45) is 1.15. The van der Waals surface area contributed by atoms with Gasteiger partial charge in [0.25, 0.3) is 0 Å². The molecule has 0 aliphatic carbocycles. The van der Waals surface area contributed by atoms with Gasteiger partial charge in [-0.2, -0.15) is 0 Å². The fourth-order valence-electron chi connectivity index (χ4n) is 2.12. The lowest BCUT2D eigenvalue weighted by Crippen LogP contribution is -2.02. The van der Waals surface area contributed by atoms with Crippen LogP contribution in [0.2, 0.25) is 0 Å². The quantitative estimate of drug-likeness (QED) is 0.886. The molecule has 0 amide bonds. The summed E-state index contributed by atoms with van der Waals surface area (Å²) in [5.41, 5.74) is 3.34. The van der Waals surface area contributed by atoms with Crippen molar-refractivity contribution in [3.8, 4) is 5.75 Å². The number of aryl methyl sites for hydroxylation is 1. The van der Waals surface area contributed by atoms with Crippen LogP contribution in [0.4, 0.5) is 0 Å². The molecule has 2 nitrogen and oxygen atoms in total. The number of aliphatic hydroxyl groups is 1. The van der Waals surface area contributed by atoms with Crippen molar-refractivity contribution in [2.75, 3.05) is 7.11 Å². The van der Waals surface area contributed by atoms with E-state index in [1.165, 1.54) is 5.56 Å². The summed E-state index contributed by atoms with van der Waals surface area (Å²) in [5, 5.41) is 10.3. The van der Waals surface area contributed by atoms with Crippen molar-refractivity contribution in [2.45, 2.75) is 25.9 Å². The summed E-state index contributed by atoms with van der Waals surface area (Å²) in [5.74, 6) is 0.839. The van der Waals surface area contributed by atoms with E-state index in [2.05, 4.69) is 19.1 Å². The van der Waals surface area contributed by atoms with Gasteiger partial charge < -0.3 is 9.84 Å². The van der Waals surface area contributed by atoms with Gasteiger partial charge in [-0.25, -0.2) is 0 Å². The average Bonchev–Trinajstić information content (AvgIpc) is 2.48. The highest BCUT2D eigenvalue weighted by atomic mass is 16.5. The lowest BCUT2D eigenvalue weighted by molar-refractivity contribution is 0.178. The maximum Gasteiger partial charge on any atom is 0.118 e. The highest BCUT2D eigenvalue weighted by molar-refractivity contribution is 5.30. The summed E-state index contributed by atoms with van der Waals surface area (Å²) in [6, 6.07) is 16.0. The van der Waals surface area contributed by atoms with Crippen LogP contribution in [0.25, 0.3) is 0 Å². The Bertz CT molecular complexity index is 517. The number of methoxy groups -OCH3 is 1. The van der Waals surface area contributed by atoms with Crippen molar-refractivity contribution >= 4 is 0 Å². The van der Waals surface area contributed by atoms with Gasteiger partial charge in [0.15, 0.2) is 0 Å². The zero-order valence-corrected chi connectivity index (χ0v) is 11.5. The van der Waals surface area contributed by atoms with Crippen molar-refractivity contribution in [1.82, 2.24) is 0 Å². The van der Waals surface area contributed by atoms with Crippen LogP contribution in [0.1, 0.15) is 29.7 Å². The SMILES string of the molecule is CCc1cccc(C(O)Cc2ccc(OC)cc2)c1. The molecule has 0 radical (unpaired) electrons. The number of ether oxygens (including phenoxy) is 1. The molecule has 2 rings (SSSR count). The summed E-state index contributed by atoms with van der Waals surface area (Å²) in [7, 11) is 1.65. The average molecular weight is 256 g/mol. The normalized spacial score (nSPS) is 12.2. The van der Waals surface area contributed by atoms with Gasteiger partial charge in [0.2, 0.25) is 0 Å². The van der Waals surface area contributed by atoms with E-state index >= 15 is 0 Å². The minimum atomic E-state index is -0.458. The van der Waals surface area contributed by atoms with Gasteiger partial charge in [-0.15, -0.1) is 0 Å². The molecule has 0 heterocycles. The Hall–Kier alpha value is -1.80. The van der Waals surface area contributed by atoms with Crippen molar-refractivity contribution < 1.29 is 9.84 Å². The number of rotatable bonds is 5. The fourth-order valence-corrected chi connectivity index (χ4v) is 2.12. The summed E-state index contributed by atoms with van der Waals surface area (Å²) in [4.78, 5) is 0. The molecule has 0 aromatic heterocycles. The van der Waals surface area contributed by atoms with Gasteiger partial charge in [-0.05, 0) is 35.2 Å². The minimum absolute atomic E-state index is 0.458. The summed E-state index contributed by atoms with van der Waals surface area (Å²) in [6.45, 7) is 2.12. The highest BCUT2D eigenvalue weighted by Gasteiger charge is 2.09. The van der Waals surface area contributed by atoms with Crippen molar-refractivity contribution in [3.63, 3.8) is 0 Å². The van der Waals surface area contributed by atoms with Crippen molar-refractivity contribution in [3.05, 3.63) is 65.2 Å². The van der Waals surface area contributed by atoms with Gasteiger partial charge >= 0.3 is 0 Å². The standard InChI is InChI=1S/C17H20O2/c1-3-13-5-4-6-15(11-13)17(18)12-14-7-9-16(19-2)10-8-14/h4-11,17-18H,3,12H2,1-2H3. The second-order valence-corrected chi connectivity index (χ2v) is 4.67. The van der Waals surface area contributed by atoms with Crippen LogP contribution in [0.3, 0.4) is 0 Å². The smallest absolute Gasteiger partial charge is 0.118 e. The van der Waals surface area contributed by atoms with Gasteiger partial charge in [0.1, 0.15) is 5.75 Å². The molecule has 0 bridgehead atoms. The molecule has 1 N–H and O–H groups in total. The molecular formula is C17H20O2. The predicted octanol–water partition coefficient (Wildman–Crippen LogP) is 3.53.